The van der Waals surface area contributed by atoms with Gasteiger partial charge in [0.25, 0.3) is 5.91 Å². The average molecular weight is 343 g/mol. The number of urea groups is 1. The zero-order valence-electron chi connectivity index (χ0n) is 13.1. The van der Waals surface area contributed by atoms with E-state index in [1.807, 2.05) is 0 Å². The number of amides is 3. The Kier molecular flexibility index (Phi) is 7.49. The fourth-order valence-corrected chi connectivity index (χ4v) is 2.07. The molecule has 1 aromatic rings. The lowest BCUT2D eigenvalue weighted by molar-refractivity contribution is 0.0937. The minimum atomic E-state index is -3.11. The van der Waals surface area contributed by atoms with Crippen molar-refractivity contribution in [2.45, 2.75) is 0 Å². The molecule has 0 spiro atoms. The van der Waals surface area contributed by atoms with Crippen LogP contribution in [0.2, 0.25) is 0 Å². The predicted molar refractivity (Wildman–Crippen MR) is 87.4 cm³/mol. The molecular weight excluding hydrogens is 322 g/mol. The number of methoxy groups -OCH3 is 1. The summed E-state index contributed by atoms with van der Waals surface area (Å²) in [5, 5.41) is 7.67. The fourth-order valence-electron chi connectivity index (χ4n) is 1.60. The van der Waals surface area contributed by atoms with Gasteiger partial charge in [-0.3, -0.25) is 4.79 Å². The Balaban J connectivity index is 2.44. The number of nitrogens with one attached hydrogen (secondary N) is 3. The van der Waals surface area contributed by atoms with E-state index in [-0.39, 0.29) is 18.2 Å². The SMILES string of the molecule is COCCNC(=O)c1ccc(NC(=O)NCCS(C)(=O)=O)cc1. The topological polar surface area (TPSA) is 114 Å². The highest BCUT2D eigenvalue weighted by Gasteiger charge is 2.07. The van der Waals surface area contributed by atoms with E-state index in [4.69, 9.17) is 4.74 Å². The van der Waals surface area contributed by atoms with Crippen molar-refractivity contribution in [2.24, 2.45) is 0 Å². The number of hydrogen-bond acceptors (Lipinski definition) is 5. The van der Waals surface area contributed by atoms with Gasteiger partial charge in [-0.05, 0) is 24.3 Å². The van der Waals surface area contributed by atoms with Crippen molar-refractivity contribution >= 4 is 27.5 Å². The number of rotatable bonds is 8. The Hall–Kier alpha value is -2.13. The zero-order valence-corrected chi connectivity index (χ0v) is 13.9. The molecule has 23 heavy (non-hydrogen) atoms. The summed E-state index contributed by atoms with van der Waals surface area (Å²) in [6.07, 6.45) is 1.10. The van der Waals surface area contributed by atoms with Crippen molar-refractivity contribution in [1.82, 2.24) is 10.6 Å². The summed E-state index contributed by atoms with van der Waals surface area (Å²) in [5.74, 6) is -0.354. The van der Waals surface area contributed by atoms with Crippen molar-refractivity contribution in [1.29, 1.82) is 0 Å². The smallest absolute Gasteiger partial charge is 0.319 e. The van der Waals surface area contributed by atoms with Crippen LogP contribution >= 0.6 is 0 Å². The van der Waals surface area contributed by atoms with Gasteiger partial charge in [-0.15, -0.1) is 0 Å². The van der Waals surface area contributed by atoms with Gasteiger partial charge in [-0.25, -0.2) is 13.2 Å². The molecule has 3 amide bonds. The van der Waals surface area contributed by atoms with Gasteiger partial charge in [0, 0.05) is 37.7 Å². The van der Waals surface area contributed by atoms with Gasteiger partial charge in [0.1, 0.15) is 9.84 Å². The van der Waals surface area contributed by atoms with Crippen molar-refractivity contribution in [2.75, 3.05) is 44.1 Å². The molecule has 1 rings (SSSR count). The van der Waals surface area contributed by atoms with E-state index >= 15 is 0 Å². The van der Waals surface area contributed by atoms with Crippen LogP contribution in [0.15, 0.2) is 24.3 Å². The third-order valence-electron chi connectivity index (χ3n) is 2.76. The molecule has 1 aromatic carbocycles. The maximum atomic E-state index is 11.8. The fraction of sp³-hybridized carbons (Fsp3) is 0.429. The average Bonchev–Trinajstić information content (AvgIpc) is 2.46. The molecule has 128 valence electrons. The third kappa shape index (κ3) is 8.17. The Morgan fingerprint density at radius 2 is 1.74 bits per heavy atom. The van der Waals surface area contributed by atoms with E-state index in [1.165, 1.54) is 0 Å². The molecular formula is C14H21N3O5S. The lowest BCUT2D eigenvalue weighted by Crippen LogP contribution is -2.32. The van der Waals surface area contributed by atoms with Gasteiger partial charge in [0.05, 0.1) is 12.4 Å². The van der Waals surface area contributed by atoms with Gasteiger partial charge in [0.2, 0.25) is 0 Å². The maximum Gasteiger partial charge on any atom is 0.319 e. The molecule has 0 heterocycles. The Bertz CT molecular complexity index is 628. The highest BCUT2D eigenvalue weighted by molar-refractivity contribution is 7.90. The minimum Gasteiger partial charge on any atom is -0.383 e. The first-order valence-electron chi connectivity index (χ1n) is 6.91. The van der Waals surface area contributed by atoms with Crippen molar-refractivity contribution in [3.05, 3.63) is 29.8 Å². The van der Waals surface area contributed by atoms with Crippen molar-refractivity contribution in [3.8, 4) is 0 Å². The number of anilines is 1. The second-order valence-electron chi connectivity index (χ2n) is 4.84. The predicted octanol–water partition coefficient (Wildman–Crippen LogP) is 0.229. The molecule has 8 nitrogen and oxygen atoms in total. The highest BCUT2D eigenvalue weighted by Crippen LogP contribution is 2.09. The molecule has 0 radical (unpaired) electrons. The monoisotopic (exact) mass is 343 g/mol. The number of hydrogen-bond donors (Lipinski definition) is 3. The van der Waals surface area contributed by atoms with Gasteiger partial charge in [-0.1, -0.05) is 0 Å². The van der Waals surface area contributed by atoms with E-state index in [0.717, 1.165) is 6.26 Å². The van der Waals surface area contributed by atoms with Crippen LogP contribution in [0.1, 0.15) is 10.4 Å². The van der Waals surface area contributed by atoms with E-state index < -0.39 is 15.9 Å². The summed E-state index contributed by atoms with van der Waals surface area (Å²) >= 11 is 0. The maximum absolute atomic E-state index is 11.8. The molecule has 0 fully saturated rings. The molecule has 0 unspecified atom stereocenters. The molecule has 0 saturated carbocycles. The normalized spacial score (nSPS) is 10.9. The molecule has 0 bridgehead atoms. The van der Waals surface area contributed by atoms with Crippen LogP contribution < -0.4 is 16.0 Å². The standard InChI is InChI=1S/C14H21N3O5S/c1-22-9-7-15-13(18)11-3-5-12(6-4-11)17-14(19)16-8-10-23(2,20)21/h3-6H,7-10H2,1-2H3,(H,15,18)(H2,16,17,19). The molecule has 0 atom stereocenters. The highest BCUT2D eigenvalue weighted by atomic mass is 32.2. The first-order chi connectivity index (χ1) is 10.8. The first kappa shape index (κ1) is 18.9. The van der Waals surface area contributed by atoms with E-state index in [0.29, 0.717) is 24.4 Å². The van der Waals surface area contributed by atoms with Gasteiger partial charge in [-0.2, -0.15) is 0 Å². The molecule has 0 aliphatic rings. The molecule has 9 heteroatoms. The van der Waals surface area contributed by atoms with E-state index in [1.54, 1.807) is 31.4 Å². The van der Waals surface area contributed by atoms with Gasteiger partial charge >= 0.3 is 6.03 Å². The molecule has 0 aromatic heterocycles. The number of carbonyl (C=O) groups excluding carboxylic acids is 2. The molecule has 3 N–H and O–H groups in total. The number of carbonyl (C=O) groups is 2. The van der Waals surface area contributed by atoms with Crippen LogP contribution in [0.5, 0.6) is 0 Å². The summed E-state index contributed by atoms with van der Waals surface area (Å²) in [6, 6.07) is 5.82. The number of sulfone groups is 1. The number of benzene rings is 1. The second-order valence-corrected chi connectivity index (χ2v) is 7.10. The summed E-state index contributed by atoms with van der Waals surface area (Å²) in [7, 11) is -1.56. The van der Waals surface area contributed by atoms with Crippen LogP contribution in [0.25, 0.3) is 0 Å². The van der Waals surface area contributed by atoms with Crippen LogP contribution in [0.3, 0.4) is 0 Å². The lowest BCUT2D eigenvalue weighted by Gasteiger charge is -2.08. The van der Waals surface area contributed by atoms with Gasteiger partial charge < -0.3 is 20.7 Å². The third-order valence-corrected chi connectivity index (χ3v) is 3.70. The van der Waals surface area contributed by atoms with Crippen molar-refractivity contribution < 1.29 is 22.7 Å². The van der Waals surface area contributed by atoms with Crippen LogP contribution in [-0.2, 0) is 14.6 Å². The molecule has 0 aliphatic heterocycles. The lowest BCUT2D eigenvalue weighted by atomic mass is 10.2. The zero-order chi connectivity index (χ0) is 17.3. The summed E-state index contributed by atoms with van der Waals surface area (Å²) in [6.45, 7) is 0.877. The van der Waals surface area contributed by atoms with Crippen LogP contribution in [0.4, 0.5) is 10.5 Å². The minimum absolute atomic E-state index is 0.0324. The summed E-state index contributed by atoms with van der Waals surface area (Å²) in [4.78, 5) is 23.3. The second kappa shape index (κ2) is 9.11. The Labute approximate surface area is 135 Å². The van der Waals surface area contributed by atoms with E-state index in [9.17, 15) is 18.0 Å². The quantitative estimate of drug-likeness (QED) is 0.585. The Morgan fingerprint density at radius 1 is 1.09 bits per heavy atom. The molecule has 0 aliphatic carbocycles. The first-order valence-corrected chi connectivity index (χ1v) is 8.97. The largest absolute Gasteiger partial charge is 0.383 e. The molecule has 0 saturated heterocycles. The summed E-state index contributed by atoms with van der Waals surface area (Å²) in [5.41, 5.74) is 0.958. The Morgan fingerprint density at radius 3 is 2.30 bits per heavy atom. The van der Waals surface area contributed by atoms with Crippen LogP contribution in [-0.4, -0.2) is 59.2 Å². The van der Waals surface area contributed by atoms with Gasteiger partial charge in [0.15, 0.2) is 0 Å². The van der Waals surface area contributed by atoms with Crippen LogP contribution in [0, 0.1) is 0 Å². The van der Waals surface area contributed by atoms with Crippen molar-refractivity contribution in [3.63, 3.8) is 0 Å². The van der Waals surface area contributed by atoms with E-state index in [2.05, 4.69) is 16.0 Å². The summed E-state index contributed by atoms with van der Waals surface area (Å²) < 4.78 is 26.7. The number of ether oxygens (including phenoxy) is 1.